The zero-order valence-corrected chi connectivity index (χ0v) is 12.7. The number of furan rings is 1. The van der Waals surface area contributed by atoms with Crippen LogP contribution >= 0.6 is 0 Å². The van der Waals surface area contributed by atoms with Crippen LogP contribution < -0.4 is 10.0 Å². The quantitative estimate of drug-likeness (QED) is 0.943. The number of nitrogens with zero attached hydrogens (tertiary/aromatic N) is 1. The highest BCUT2D eigenvalue weighted by molar-refractivity contribution is 7.92. The lowest BCUT2D eigenvalue weighted by Crippen LogP contribution is -2.35. The van der Waals surface area contributed by atoms with E-state index in [4.69, 9.17) is 10.2 Å². The van der Waals surface area contributed by atoms with E-state index >= 15 is 0 Å². The Balaban J connectivity index is 2.05. The lowest BCUT2D eigenvalue weighted by molar-refractivity contribution is 0.414. The zero-order valence-electron chi connectivity index (χ0n) is 11.9. The van der Waals surface area contributed by atoms with Crippen molar-refractivity contribution < 1.29 is 12.8 Å². The van der Waals surface area contributed by atoms with Gasteiger partial charge < -0.3 is 10.2 Å². The fourth-order valence-corrected chi connectivity index (χ4v) is 4.13. The van der Waals surface area contributed by atoms with Gasteiger partial charge in [0.1, 0.15) is 5.76 Å². The predicted molar refractivity (Wildman–Crippen MR) is 80.6 cm³/mol. The molecule has 2 heterocycles. The van der Waals surface area contributed by atoms with E-state index in [0.29, 0.717) is 12.3 Å². The van der Waals surface area contributed by atoms with Crippen LogP contribution in [0.3, 0.4) is 0 Å². The highest BCUT2D eigenvalue weighted by Gasteiger charge is 2.31. The molecule has 0 bridgehead atoms. The molecule has 0 atom stereocenters. The molecular weight excluding hydrogens is 288 g/mol. The Morgan fingerprint density at radius 3 is 2.81 bits per heavy atom. The van der Waals surface area contributed by atoms with E-state index in [1.165, 1.54) is 10.4 Å². The molecule has 1 aliphatic rings. The number of aryl methyl sites for hydroxylation is 2. The summed E-state index contributed by atoms with van der Waals surface area (Å²) in [6.45, 7) is 2.66. The molecule has 1 aromatic heterocycles. The number of benzene rings is 1. The van der Waals surface area contributed by atoms with E-state index in [1.807, 2.05) is 25.1 Å². The monoisotopic (exact) mass is 306 g/mol. The number of hydrogen-bond donors (Lipinski definition) is 1. The Morgan fingerprint density at radius 2 is 2.10 bits per heavy atom. The Morgan fingerprint density at radius 1 is 1.29 bits per heavy atom. The topological polar surface area (TPSA) is 76.5 Å². The largest absolute Gasteiger partial charge is 0.446 e. The van der Waals surface area contributed by atoms with E-state index in [0.717, 1.165) is 29.7 Å². The summed E-state index contributed by atoms with van der Waals surface area (Å²) in [6.07, 6.45) is 1.70. The third-order valence-electron chi connectivity index (χ3n) is 3.69. The average Bonchev–Trinajstić information content (AvgIpc) is 2.96. The first-order chi connectivity index (χ1) is 10.0. The first-order valence-electron chi connectivity index (χ1n) is 6.93. The molecule has 2 N–H and O–H groups in total. The summed E-state index contributed by atoms with van der Waals surface area (Å²) in [4.78, 5) is 0. The maximum absolute atomic E-state index is 12.8. The number of sulfonamides is 1. The highest BCUT2D eigenvalue weighted by Crippen LogP contribution is 2.33. The number of nitrogens with two attached hydrogens (primary N) is 1. The minimum Gasteiger partial charge on any atom is -0.446 e. The van der Waals surface area contributed by atoms with E-state index in [9.17, 15) is 8.42 Å². The van der Waals surface area contributed by atoms with Gasteiger partial charge in [0.05, 0.1) is 12.2 Å². The van der Waals surface area contributed by atoms with Gasteiger partial charge >= 0.3 is 0 Å². The molecule has 5 nitrogen and oxygen atoms in total. The van der Waals surface area contributed by atoms with Crippen molar-refractivity contribution in [2.75, 3.05) is 10.8 Å². The minimum absolute atomic E-state index is 0.0450. The van der Waals surface area contributed by atoms with Crippen LogP contribution in [0.2, 0.25) is 0 Å². The summed E-state index contributed by atoms with van der Waals surface area (Å²) < 4.78 is 32.3. The summed E-state index contributed by atoms with van der Waals surface area (Å²) in [5, 5.41) is -0.0450. The van der Waals surface area contributed by atoms with E-state index in [-0.39, 0.29) is 11.6 Å². The van der Waals surface area contributed by atoms with Crippen molar-refractivity contribution in [2.45, 2.75) is 31.4 Å². The summed E-state index contributed by atoms with van der Waals surface area (Å²) in [5.41, 5.74) is 8.42. The standard InChI is InChI=1S/C15H18N2O3S/c1-11-4-6-14-12(9-11)3-2-8-17(14)21(18,19)15-7-5-13(10-16)20-15/h4-7,9H,2-3,8,10,16H2,1H3. The summed E-state index contributed by atoms with van der Waals surface area (Å²) in [5.74, 6) is 0.467. The van der Waals surface area contributed by atoms with Gasteiger partial charge in [-0.3, -0.25) is 4.31 Å². The molecule has 0 radical (unpaired) electrons. The molecule has 112 valence electrons. The fourth-order valence-electron chi connectivity index (χ4n) is 2.66. The second-order valence-corrected chi connectivity index (χ2v) is 7.03. The van der Waals surface area contributed by atoms with Crippen molar-refractivity contribution in [3.63, 3.8) is 0 Å². The predicted octanol–water partition coefficient (Wildman–Crippen LogP) is 2.19. The van der Waals surface area contributed by atoms with Gasteiger partial charge in [-0.15, -0.1) is 0 Å². The minimum atomic E-state index is -3.67. The molecule has 0 unspecified atom stereocenters. The molecule has 0 spiro atoms. The molecule has 0 saturated carbocycles. The van der Waals surface area contributed by atoms with Crippen LogP contribution in [-0.2, 0) is 23.0 Å². The molecular formula is C15H18N2O3S. The highest BCUT2D eigenvalue weighted by atomic mass is 32.2. The SMILES string of the molecule is Cc1ccc2c(c1)CCCN2S(=O)(=O)c1ccc(CN)o1. The van der Waals surface area contributed by atoms with Gasteiger partial charge in [-0.25, -0.2) is 0 Å². The third kappa shape index (κ3) is 2.45. The van der Waals surface area contributed by atoms with Crippen LogP contribution in [0.4, 0.5) is 5.69 Å². The molecule has 21 heavy (non-hydrogen) atoms. The van der Waals surface area contributed by atoms with Crippen molar-refractivity contribution in [1.82, 2.24) is 0 Å². The third-order valence-corrected chi connectivity index (χ3v) is 5.38. The second-order valence-electron chi connectivity index (χ2n) is 5.24. The molecule has 0 aliphatic carbocycles. The number of rotatable bonds is 3. The van der Waals surface area contributed by atoms with Crippen molar-refractivity contribution in [2.24, 2.45) is 5.73 Å². The molecule has 1 aliphatic heterocycles. The zero-order chi connectivity index (χ0) is 15.0. The maximum Gasteiger partial charge on any atom is 0.297 e. The number of anilines is 1. The van der Waals surface area contributed by atoms with Crippen LogP contribution in [-0.4, -0.2) is 15.0 Å². The number of fused-ring (bicyclic) bond motifs is 1. The van der Waals surface area contributed by atoms with E-state index < -0.39 is 10.0 Å². The molecule has 6 heteroatoms. The van der Waals surface area contributed by atoms with Crippen molar-refractivity contribution in [3.05, 3.63) is 47.2 Å². The van der Waals surface area contributed by atoms with Gasteiger partial charge in [0.2, 0.25) is 5.09 Å². The van der Waals surface area contributed by atoms with Crippen molar-refractivity contribution in [3.8, 4) is 0 Å². The lowest BCUT2D eigenvalue weighted by Gasteiger charge is -2.29. The molecule has 2 aromatic rings. The first kappa shape index (κ1) is 14.2. The number of hydrogen-bond acceptors (Lipinski definition) is 4. The van der Waals surface area contributed by atoms with E-state index in [1.54, 1.807) is 6.07 Å². The smallest absolute Gasteiger partial charge is 0.297 e. The Labute approximate surface area is 124 Å². The van der Waals surface area contributed by atoms with Crippen LogP contribution in [0.15, 0.2) is 39.8 Å². The summed E-state index contributed by atoms with van der Waals surface area (Å²) in [6, 6.07) is 8.92. The Kier molecular flexibility index (Phi) is 3.51. The van der Waals surface area contributed by atoms with Crippen LogP contribution in [0.5, 0.6) is 0 Å². The first-order valence-corrected chi connectivity index (χ1v) is 8.37. The molecule has 0 saturated heterocycles. The maximum atomic E-state index is 12.8. The Hall–Kier alpha value is -1.79. The van der Waals surface area contributed by atoms with Crippen molar-refractivity contribution >= 4 is 15.7 Å². The average molecular weight is 306 g/mol. The normalized spacial score (nSPS) is 15.0. The van der Waals surface area contributed by atoms with Gasteiger partial charge in [0.15, 0.2) is 0 Å². The van der Waals surface area contributed by atoms with Crippen LogP contribution in [0, 0.1) is 6.92 Å². The van der Waals surface area contributed by atoms with Gasteiger partial charge in [0.25, 0.3) is 10.0 Å². The van der Waals surface area contributed by atoms with Gasteiger partial charge in [-0.2, -0.15) is 8.42 Å². The van der Waals surface area contributed by atoms with Crippen LogP contribution in [0.1, 0.15) is 23.3 Å². The second kappa shape index (κ2) is 5.20. The van der Waals surface area contributed by atoms with E-state index in [2.05, 4.69) is 0 Å². The van der Waals surface area contributed by atoms with Crippen LogP contribution in [0.25, 0.3) is 0 Å². The summed E-state index contributed by atoms with van der Waals surface area (Å²) in [7, 11) is -3.67. The molecule has 0 amide bonds. The molecule has 1 aromatic carbocycles. The molecule has 0 fully saturated rings. The summed E-state index contributed by atoms with van der Waals surface area (Å²) >= 11 is 0. The van der Waals surface area contributed by atoms with Gasteiger partial charge in [-0.05, 0) is 43.5 Å². The van der Waals surface area contributed by atoms with Gasteiger partial charge in [0, 0.05) is 6.54 Å². The lowest BCUT2D eigenvalue weighted by atomic mass is 10.0. The van der Waals surface area contributed by atoms with Gasteiger partial charge in [-0.1, -0.05) is 17.7 Å². The molecule has 3 rings (SSSR count). The van der Waals surface area contributed by atoms with Crippen molar-refractivity contribution in [1.29, 1.82) is 0 Å². The Bertz CT molecular complexity index is 765. The fraction of sp³-hybridized carbons (Fsp3) is 0.333.